The minimum Gasteiger partial charge on any atom is -0.345 e. The summed E-state index contributed by atoms with van der Waals surface area (Å²) in [6, 6.07) is 4.30. The number of nitrogens with zero attached hydrogens (tertiary/aromatic N) is 1. The zero-order valence-electron chi connectivity index (χ0n) is 12.9. The molecule has 1 aromatic rings. The van der Waals surface area contributed by atoms with Crippen LogP contribution in [0.2, 0.25) is 0 Å². The van der Waals surface area contributed by atoms with Gasteiger partial charge in [0.1, 0.15) is 0 Å². The first-order valence-corrected chi connectivity index (χ1v) is 7.65. The van der Waals surface area contributed by atoms with Crippen molar-refractivity contribution >= 4 is 29.7 Å². The predicted octanol–water partition coefficient (Wildman–Crippen LogP) is 3.24. The monoisotopic (exact) mass is 318 g/mol. The van der Waals surface area contributed by atoms with E-state index in [1.807, 2.05) is 23.3 Å². The summed E-state index contributed by atoms with van der Waals surface area (Å²) in [5.74, 6) is 0.217. The zero-order chi connectivity index (χ0) is 14.5. The van der Waals surface area contributed by atoms with Crippen LogP contribution in [0.15, 0.2) is 12.1 Å². The second kappa shape index (κ2) is 8.65. The molecule has 0 fully saturated rings. The van der Waals surface area contributed by atoms with Crippen molar-refractivity contribution in [2.45, 2.75) is 40.0 Å². The van der Waals surface area contributed by atoms with Gasteiger partial charge in [0.15, 0.2) is 0 Å². The van der Waals surface area contributed by atoms with Crippen LogP contribution in [-0.2, 0) is 11.2 Å². The van der Waals surface area contributed by atoms with E-state index in [2.05, 4.69) is 32.9 Å². The van der Waals surface area contributed by atoms with E-state index in [1.54, 1.807) is 0 Å². The van der Waals surface area contributed by atoms with Crippen molar-refractivity contribution < 1.29 is 4.79 Å². The summed E-state index contributed by atoms with van der Waals surface area (Å²) in [5.41, 5.74) is 5.69. The lowest BCUT2D eigenvalue weighted by molar-refractivity contribution is -0.131. The van der Waals surface area contributed by atoms with Crippen LogP contribution in [0.1, 0.15) is 36.4 Å². The third-order valence-electron chi connectivity index (χ3n) is 3.25. The summed E-state index contributed by atoms with van der Waals surface area (Å²) in [6.07, 6.45) is 2.54. The maximum Gasteiger partial charge on any atom is 0.222 e. The second-order valence-electron chi connectivity index (χ2n) is 5.98. The summed E-state index contributed by atoms with van der Waals surface area (Å²) >= 11 is 1.82. The maximum atomic E-state index is 12.0. The highest BCUT2D eigenvalue weighted by atomic mass is 35.5. The lowest BCUT2D eigenvalue weighted by Gasteiger charge is -2.29. The summed E-state index contributed by atoms with van der Waals surface area (Å²) in [6.45, 7) is 7.61. The predicted molar refractivity (Wildman–Crippen MR) is 89.7 cm³/mol. The molecule has 2 N–H and O–H groups in total. The van der Waals surface area contributed by atoms with Gasteiger partial charge in [-0.2, -0.15) is 0 Å². The SMILES string of the molecule is Cc1ccc(CCCC(=O)N(C)CC(C)(C)CN)s1.Cl. The second-order valence-corrected chi connectivity index (χ2v) is 7.36. The first-order valence-electron chi connectivity index (χ1n) is 6.83. The normalized spacial score (nSPS) is 11.1. The van der Waals surface area contributed by atoms with Gasteiger partial charge in [0.25, 0.3) is 0 Å². The Bertz CT molecular complexity index is 418. The van der Waals surface area contributed by atoms with Crippen LogP contribution in [-0.4, -0.2) is 30.9 Å². The average molecular weight is 319 g/mol. The molecule has 1 rings (SSSR count). The van der Waals surface area contributed by atoms with Gasteiger partial charge in [-0.1, -0.05) is 13.8 Å². The number of amides is 1. The fourth-order valence-electron chi connectivity index (χ4n) is 2.02. The fraction of sp³-hybridized carbons (Fsp3) is 0.667. The molecule has 1 aromatic heterocycles. The van der Waals surface area contributed by atoms with E-state index in [0.717, 1.165) is 19.4 Å². The van der Waals surface area contributed by atoms with Gasteiger partial charge in [0, 0.05) is 29.8 Å². The average Bonchev–Trinajstić information content (AvgIpc) is 2.74. The summed E-state index contributed by atoms with van der Waals surface area (Å²) in [7, 11) is 1.87. The maximum absolute atomic E-state index is 12.0. The van der Waals surface area contributed by atoms with Gasteiger partial charge in [-0.05, 0) is 43.9 Å². The van der Waals surface area contributed by atoms with Crippen LogP contribution in [0.25, 0.3) is 0 Å². The molecule has 0 aliphatic heterocycles. The Balaban J connectivity index is 0.00000361. The molecule has 116 valence electrons. The number of nitrogens with two attached hydrogens (primary N) is 1. The molecule has 0 saturated heterocycles. The molecular weight excluding hydrogens is 292 g/mol. The number of carbonyl (C=O) groups excluding carboxylic acids is 1. The molecule has 5 heteroatoms. The van der Waals surface area contributed by atoms with E-state index in [4.69, 9.17) is 5.73 Å². The topological polar surface area (TPSA) is 46.3 Å². The third kappa shape index (κ3) is 6.73. The van der Waals surface area contributed by atoms with E-state index >= 15 is 0 Å². The van der Waals surface area contributed by atoms with E-state index in [1.165, 1.54) is 9.75 Å². The number of thiophene rings is 1. The van der Waals surface area contributed by atoms with E-state index in [0.29, 0.717) is 13.0 Å². The van der Waals surface area contributed by atoms with Gasteiger partial charge in [-0.3, -0.25) is 4.79 Å². The minimum absolute atomic E-state index is 0. The Kier molecular flexibility index (Phi) is 8.40. The van der Waals surface area contributed by atoms with Crippen LogP contribution < -0.4 is 5.73 Å². The molecule has 1 amide bonds. The van der Waals surface area contributed by atoms with E-state index < -0.39 is 0 Å². The van der Waals surface area contributed by atoms with Crippen LogP contribution in [0.5, 0.6) is 0 Å². The Morgan fingerprint density at radius 3 is 2.55 bits per heavy atom. The molecule has 3 nitrogen and oxygen atoms in total. The molecule has 0 bridgehead atoms. The van der Waals surface area contributed by atoms with Crippen LogP contribution in [0.4, 0.5) is 0 Å². The molecule has 0 aliphatic rings. The number of hydrogen-bond acceptors (Lipinski definition) is 3. The number of halogens is 1. The number of carbonyl (C=O) groups is 1. The van der Waals surface area contributed by atoms with Crippen LogP contribution in [0, 0.1) is 12.3 Å². The highest BCUT2D eigenvalue weighted by Crippen LogP contribution is 2.18. The van der Waals surface area contributed by atoms with Crippen molar-refractivity contribution in [3.05, 3.63) is 21.9 Å². The molecule has 0 unspecified atom stereocenters. The van der Waals surface area contributed by atoms with Crippen molar-refractivity contribution in [3.63, 3.8) is 0 Å². The van der Waals surface area contributed by atoms with Crippen molar-refractivity contribution in [1.82, 2.24) is 4.90 Å². The van der Waals surface area contributed by atoms with Crippen molar-refractivity contribution in [1.29, 1.82) is 0 Å². The molecule has 1 heterocycles. The van der Waals surface area contributed by atoms with Crippen molar-refractivity contribution in [2.24, 2.45) is 11.1 Å². The highest BCUT2D eigenvalue weighted by molar-refractivity contribution is 7.11. The van der Waals surface area contributed by atoms with Gasteiger partial charge in [0.05, 0.1) is 0 Å². The Labute approximate surface area is 133 Å². The first kappa shape index (κ1) is 19.4. The number of hydrogen-bond donors (Lipinski definition) is 1. The summed E-state index contributed by atoms with van der Waals surface area (Å²) < 4.78 is 0. The molecule has 0 atom stereocenters. The third-order valence-corrected chi connectivity index (χ3v) is 4.31. The van der Waals surface area contributed by atoms with E-state index in [-0.39, 0.29) is 23.7 Å². The molecule has 0 aromatic carbocycles. The van der Waals surface area contributed by atoms with Gasteiger partial charge in [-0.25, -0.2) is 0 Å². The molecule has 0 radical (unpaired) electrons. The molecule has 20 heavy (non-hydrogen) atoms. The summed E-state index contributed by atoms with van der Waals surface area (Å²) in [4.78, 5) is 16.5. The standard InChI is InChI=1S/C15H26N2OS.ClH/c1-12-8-9-13(19-12)6-5-7-14(18)17(4)11-15(2,3)10-16;/h8-9H,5-7,10-11,16H2,1-4H3;1H. The minimum atomic E-state index is -0.00469. The first-order chi connectivity index (χ1) is 8.84. The van der Waals surface area contributed by atoms with Gasteiger partial charge >= 0.3 is 0 Å². The Morgan fingerprint density at radius 2 is 2.05 bits per heavy atom. The van der Waals surface area contributed by atoms with Gasteiger partial charge < -0.3 is 10.6 Å². The summed E-state index contributed by atoms with van der Waals surface area (Å²) in [5, 5.41) is 0. The highest BCUT2D eigenvalue weighted by Gasteiger charge is 2.20. The zero-order valence-corrected chi connectivity index (χ0v) is 14.6. The lowest BCUT2D eigenvalue weighted by atomic mass is 9.93. The molecule has 0 aliphatic carbocycles. The Morgan fingerprint density at radius 1 is 1.40 bits per heavy atom. The smallest absolute Gasteiger partial charge is 0.222 e. The number of rotatable bonds is 7. The quantitative estimate of drug-likeness (QED) is 0.839. The van der Waals surface area contributed by atoms with Crippen molar-refractivity contribution in [2.75, 3.05) is 20.1 Å². The fourth-order valence-corrected chi connectivity index (χ4v) is 2.95. The van der Waals surface area contributed by atoms with Crippen molar-refractivity contribution in [3.8, 4) is 0 Å². The molecule has 0 spiro atoms. The van der Waals surface area contributed by atoms with Crippen LogP contribution in [0.3, 0.4) is 0 Å². The van der Waals surface area contributed by atoms with Gasteiger partial charge in [-0.15, -0.1) is 23.7 Å². The van der Waals surface area contributed by atoms with Crippen LogP contribution >= 0.6 is 23.7 Å². The molecule has 0 saturated carbocycles. The Hall–Kier alpha value is -0.580. The lowest BCUT2D eigenvalue weighted by Crippen LogP contribution is -2.39. The largest absolute Gasteiger partial charge is 0.345 e. The van der Waals surface area contributed by atoms with E-state index in [9.17, 15) is 4.79 Å². The number of aryl methyl sites for hydroxylation is 2. The molecular formula is C15H27ClN2OS. The van der Waals surface area contributed by atoms with Gasteiger partial charge in [0.2, 0.25) is 5.91 Å².